The molecule has 0 aliphatic carbocycles. The molecule has 390 valence electrons. The molecule has 1 atom stereocenters. The molecular weight excluding hydrogens is 829 g/mol. The maximum atomic E-state index is 12.9. The Hall–Kier alpha value is -2.63. The Balaban J connectivity index is 4.39. The third-order valence-corrected chi connectivity index (χ3v) is 12.8. The maximum Gasteiger partial charge on any atom is 0.306 e. The first kappa shape index (κ1) is 64.4. The molecule has 0 N–H and O–H groups in total. The van der Waals surface area contributed by atoms with Crippen molar-refractivity contribution in [2.45, 2.75) is 309 Å². The van der Waals surface area contributed by atoms with Crippen molar-refractivity contribution in [3.63, 3.8) is 0 Å². The van der Waals surface area contributed by atoms with Crippen molar-refractivity contribution in [1.82, 2.24) is 0 Å². The van der Waals surface area contributed by atoms with Gasteiger partial charge in [-0.25, -0.2) is 0 Å². The Morgan fingerprint density at radius 3 is 0.866 bits per heavy atom. The van der Waals surface area contributed by atoms with E-state index in [2.05, 4.69) is 69.4 Å². The number of allylic oxidation sites excluding steroid dienone is 8. The summed E-state index contributed by atoms with van der Waals surface area (Å²) >= 11 is 0. The molecule has 0 heterocycles. The minimum Gasteiger partial charge on any atom is -0.462 e. The van der Waals surface area contributed by atoms with E-state index < -0.39 is 6.10 Å². The van der Waals surface area contributed by atoms with E-state index in [9.17, 15) is 14.4 Å². The van der Waals surface area contributed by atoms with E-state index in [1.807, 2.05) is 0 Å². The summed E-state index contributed by atoms with van der Waals surface area (Å²) in [4.78, 5) is 38.1. The molecular formula is C61H110O6. The second-order valence-corrected chi connectivity index (χ2v) is 19.6. The Kier molecular flexibility index (Phi) is 53.8. The van der Waals surface area contributed by atoms with Crippen LogP contribution in [0.25, 0.3) is 0 Å². The van der Waals surface area contributed by atoms with Gasteiger partial charge in [0.1, 0.15) is 13.2 Å². The standard InChI is InChI=1S/C61H110O6/c1-4-7-10-13-16-19-22-25-27-29-30-32-33-36-39-42-45-48-51-54-60(63)66-57-58(56-65-59(62)53-50-47-44-41-38-35-24-21-18-15-12-9-6-3)67-61(64)55-52-49-46-43-40-37-34-31-28-26-23-20-17-14-11-8-5-2/h16,19,25,27,30,32,36,39,58H,4-15,17-18,20-24,26,28-29,31,33-35,37-38,40-57H2,1-3H3/b19-16-,27-25-,32-30-,39-36-/t58-/m0/s1. The van der Waals surface area contributed by atoms with Gasteiger partial charge in [0.2, 0.25) is 0 Å². The highest BCUT2D eigenvalue weighted by molar-refractivity contribution is 5.71. The summed E-state index contributed by atoms with van der Waals surface area (Å²) in [6, 6.07) is 0. The molecule has 0 aliphatic heterocycles. The molecule has 0 fully saturated rings. The molecule has 0 unspecified atom stereocenters. The van der Waals surface area contributed by atoms with Crippen LogP contribution in [0.15, 0.2) is 48.6 Å². The summed E-state index contributed by atoms with van der Waals surface area (Å²) in [5.74, 6) is -0.894. The quantitative estimate of drug-likeness (QED) is 0.0262. The molecule has 67 heavy (non-hydrogen) atoms. The van der Waals surface area contributed by atoms with Crippen molar-refractivity contribution in [3.05, 3.63) is 48.6 Å². The van der Waals surface area contributed by atoms with Crippen LogP contribution in [0.4, 0.5) is 0 Å². The highest BCUT2D eigenvalue weighted by atomic mass is 16.6. The van der Waals surface area contributed by atoms with Crippen molar-refractivity contribution in [2.75, 3.05) is 13.2 Å². The molecule has 0 aromatic carbocycles. The van der Waals surface area contributed by atoms with Gasteiger partial charge in [0.05, 0.1) is 0 Å². The molecule has 0 saturated carbocycles. The van der Waals surface area contributed by atoms with Gasteiger partial charge in [-0.05, 0) is 64.2 Å². The van der Waals surface area contributed by atoms with E-state index in [-0.39, 0.29) is 31.1 Å². The Morgan fingerprint density at radius 2 is 0.537 bits per heavy atom. The monoisotopic (exact) mass is 939 g/mol. The van der Waals surface area contributed by atoms with Crippen LogP contribution in [0.5, 0.6) is 0 Å². The summed E-state index contributed by atoms with van der Waals surface area (Å²) in [6.07, 6.45) is 68.1. The molecule has 6 heteroatoms. The van der Waals surface area contributed by atoms with Gasteiger partial charge in [0, 0.05) is 19.3 Å². The molecule has 0 aliphatic rings. The second kappa shape index (κ2) is 56.0. The Bertz CT molecular complexity index is 1170. The van der Waals surface area contributed by atoms with E-state index in [0.717, 1.165) is 83.5 Å². The molecule has 0 radical (unpaired) electrons. The smallest absolute Gasteiger partial charge is 0.306 e. The summed E-state index contributed by atoms with van der Waals surface area (Å²) in [5, 5.41) is 0. The number of hydrogen-bond donors (Lipinski definition) is 0. The number of ether oxygens (including phenoxy) is 3. The average molecular weight is 940 g/mol. The third kappa shape index (κ3) is 54.2. The van der Waals surface area contributed by atoms with E-state index >= 15 is 0 Å². The van der Waals surface area contributed by atoms with Crippen molar-refractivity contribution < 1.29 is 28.6 Å². The SMILES string of the molecule is CCCCC/C=C\C/C=C\C/C=C\C/C=C\CCCCCC(=O)OC[C@H](COC(=O)CCCCCCCCCCCCCCC)OC(=O)CCCCCCCCCCCCCCCCCCC. The van der Waals surface area contributed by atoms with E-state index in [1.165, 1.54) is 180 Å². The first-order valence-electron chi connectivity index (χ1n) is 29.1. The van der Waals surface area contributed by atoms with Gasteiger partial charge in [-0.15, -0.1) is 0 Å². The molecule has 0 aromatic rings. The van der Waals surface area contributed by atoms with Crippen LogP contribution < -0.4 is 0 Å². The molecule has 0 aromatic heterocycles. The summed E-state index contributed by atoms with van der Waals surface area (Å²) in [5.41, 5.74) is 0. The minimum absolute atomic E-state index is 0.0789. The highest BCUT2D eigenvalue weighted by Crippen LogP contribution is 2.17. The predicted octanol–water partition coefficient (Wildman–Crippen LogP) is 19.4. The van der Waals surface area contributed by atoms with Gasteiger partial charge >= 0.3 is 17.9 Å². The zero-order chi connectivity index (χ0) is 48.6. The Labute approximate surface area is 416 Å². The van der Waals surface area contributed by atoms with Gasteiger partial charge in [-0.3, -0.25) is 14.4 Å². The summed E-state index contributed by atoms with van der Waals surface area (Å²) in [6.45, 7) is 6.62. The van der Waals surface area contributed by atoms with Crippen molar-refractivity contribution >= 4 is 17.9 Å². The van der Waals surface area contributed by atoms with Gasteiger partial charge in [-0.1, -0.05) is 268 Å². The normalized spacial score (nSPS) is 12.3. The van der Waals surface area contributed by atoms with Crippen LogP contribution >= 0.6 is 0 Å². The number of rotatable bonds is 53. The Morgan fingerprint density at radius 1 is 0.299 bits per heavy atom. The third-order valence-electron chi connectivity index (χ3n) is 12.8. The molecule has 0 spiro atoms. The molecule has 0 bridgehead atoms. The topological polar surface area (TPSA) is 78.9 Å². The van der Waals surface area contributed by atoms with Crippen LogP contribution in [-0.4, -0.2) is 37.2 Å². The first-order valence-corrected chi connectivity index (χ1v) is 29.1. The van der Waals surface area contributed by atoms with Crippen LogP contribution in [0.2, 0.25) is 0 Å². The number of carbonyl (C=O) groups is 3. The molecule has 0 saturated heterocycles. The lowest BCUT2D eigenvalue weighted by molar-refractivity contribution is -0.167. The largest absolute Gasteiger partial charge is 0.462 e. The fourth-order valence-electron chi connectivity index (χ4n) is 8.43. The summed E-state index contributed by atoms with van der Waals surface area (Å²) < 4.78 is 16.9. The maximum absolute atomic E-state index is 12.9. The van der Waals surface area contributed by atoms with Crippen LogP contribution in [0, 0.1) is 0 Å². The lowest BCUT2D eigenvalue weighted by Crippen LogP contribution is -2.30. The zero-order valence-electron chi connectivity index (χ0n) is 44.7. The minimum atomic E-state index is -0.782. The van der Waals surface area contributed by atoms with Crippen LogP contribution in [0.1, 0.15) is 303 Å². The van der Waals surface area contributed by atoms with Gasteiger partial charge in [0.25, 0.3) is 0 Å². The van der Waals surface area contributed by atoms with Crippen molar-refractivity contribution in [2.24, 2.45) is 0 Å². The van der Waals surface area contributed by atoms with Gasteiger partial charge < -0.3 is 14.2 Å². The number of carbonyl (C=O) groups excluding carboxylic acids is 3. The predicted molar refractivity (Wildman–Crippen MR) is 289 cm³/mol. The lowest BCUT2D eigenvalue weighted by Gasteiger charge is -2.18. The van der Waals surface area contributed by atoms with Crippen LogP contribution in [-0.2, 0) is 28.6 Å². The van der Waals surface area contributed by atoms with Gasteiger partial charge in [0.15, 0.2) is 6.10 Å². The van der Waals surface area contributed by atoms with E-state index in [0.29, 0.717) is 19.3 Å². The molecule has 0 amide bonds. The van der Waals surface area contributed by atoms with Crippen LogP contribution in [0.3, 0.4) is 0 Å². The van der Waals surface area contributed by atoms with Gasteiger partial charge in [-0.2, -0.15) is 0 Å². The number of esters is 3. The number of unbranched alkanes of at least 4 members (excludes halogenated alkanes) is 34. The highest BCUT2D eigenvalue weighted by Gasteiger charge is 2.19. The first-order chi connectivity index (χ1) is 33.0. The fourth-order valence-corrected chi connectivity index (χ4v) is 8.43. The molecule has 0 rings (SSSR count). The average Bonchev–Trinajstić information content (AvgIpc) is 3.33. The van der Waals surface area contributed by atoms with E-state index in [4.69, 9.17) is 14.2 Å². The zero-order valence-corrected chi connectivity index (χ0v) is 44.7. The van der Waals surface area contributed by atoms with E-state index in [1.54, 1.807) is 0 Å². The van der Waals surface area contributed by atoms with Crippen molar-refractivity contribution in [3.8, 4) is 0 Å². The van der Waals surface area contributed by atoms with Crippen molar-refractivity contribution in [1.29, 1.82) is 0 Å². The second-order valence-electron chi connectivity index (χ2n) is 19.6. The lowest BCUT2D eigenvalue weighted by atomic mass is 10.0. The summed E-state index contributed by atoms with van der Waals surface area (Å²) in [7, 11) is 0. The fraction of sp³-hybridized carbons (Fsp3) is 0.820. The molecule has 6 nitrogen and oxygen atoms in total. The number of hydrogen-bond acceptors (Lipinski definition) is 6.